The molecule has 0 radical (unpaired) electrons. The van der Waals surface area contributed by atoms with Gasteiger partial charge in [-0.05, 0) is 42.0 Å². The minimum atomic E-state index is -0.607. The second-order valence-electron chi connectivity index (χ2n) is 4.84. The third-order valence-corrected chi connectivity index (χ3v) is 4.04. The Hall–Kier alpha value is -2.81. The molecule has 0 aromatic heterocycles. The van der Waals surface area contributed by atoms with E-state index in [2.05, 4.69) is 10.1 Å². The molecule has 2 aromatic rings. The van der Waals surface area contributed by atoms with Crippen LogP contribution in [0.5, 0.6) is 0 Å². The Balaban J connectivity index is 2.20. The lowest BCUT2D eigenvalue weighted by atomic mass is 10.1. The Labute approximate surface area is 154 Å². The second-order valence-corrected chi connectivity index (χ2v) is 5.62. The van der Waals surface area contributed by atoms with Gasteiger partial charge in [-0.2, -0.15) is 5.26 Å². The lowest BCUT2D eigenvalue weighted by Crippen LogP contribution is -2.13. The predicted molar refractivity (Wildman–Crippen MR) is 96.5 cm³/mol. The van der Waals surface area contributed by atoms with E-state index in [1.165, 1.54) is 37.5 Å². The molecule has 5 nitrogen and oxygen atoms in total. The van der Waals surface area contributed by atoms with Gasteiger partial charge in [-0.15, -0.1) is 0 Å². The Morgan fingerprint density at radius 1 is 1.16 bits per heavy atom. The molecule has 0 unspecified atom stereocenters. The molecule has 0 saturated carbocycles. The number of carbonyl (C=O) groups is 2. The molecule has 0 aliphatic rings. The third-order valence-electron chi connectivity index (χ3n) is 3.21. The zero-order valence-corrected chi connectivity index (χ0v) is 14.6. The van der Waals surface area contributed by atoms with Gasteiger partial charge in [0.1, 0.15) is 11.6 Å². The monoisotopic (exact) mass is 374 g/mol. The van der Waals surface area contributed by atoms with Crippen LogP contribution >= 0.6 is 23.2 Å². The van der Waals surface area contributed by atoms with Crippen molar-refractivity contribution in [1.29, 1.82) is 5.26 Å². The molecule has 0 saturated heterocycles. The lowest BCUT2D eigenvalue weighted by Gasteiger charge is -2.06. The fraction of sp³-hybridized carbons (Fsp3) is 0.0556. The molecule has 0 aliphatic heterocycles. The fourth-order valence-corrected chi connectivity index (χ4v) is 2.30. The van der Waals surface area contributed by atoms with Crippen LogP contribution in [0.2, 0.25) is 10.0 Å². The Morgan fingerprint density at radius 3 is 2.44 bits per heavy atom. The first-order valence-electron chi connectivity index (χ1n) is 7.01. The molecule has 0 heterocycles. The number of nitrogens with one attached hydrogen (secondary N) is 1. The topological polar surface area (TPSA) is 79.2 Å². The van der Waals surface area contributed by atoms with E-state index in [1.807, 2.05) is 6.07 Å². The maximum Gasteiger partial charge on any atom is 0.337 e. The van der Waals surface area contributed by atoms with Gasteiger partial charge < -0.3 is 10.1 Å². The van der Waals surface area contributed by atoms with E-state index in [1.54, 1.807) is 18.2 Å². The number of hydrogen-bond donors (Lipinski definition) is 1. The molecule has 25 heavy (non-hydrogen) atoms. The average Bonchev–Trinajstić information content (AvgIpc) is 2.62. The normalized spacial score (nSPS) is 10.7. The minimum Gasteiger partial charge on any atom is -0.465 e. The van der Waals surface area contributed by atoms with E-state index in [0.29, 0.717) is 21.8 Å². The van der Waals surface area contributed by atoms with Crippen molar-refractivity contribution in [3.05, 3.63) is 69.2 Å². The van der Waals surface area contributed by atoms with Crippen LogP contribution in [-0.4, -0.2) is 19.0 Å². The van der Waals surface area contributed by atoms with Crippen LogP contribution in [0.3, 0.4) is 0 Å². The zero-order valence-electron chi connectivity index (χ0n) is 13.0. The molecule has 2 rings (SSSR count). The van der Waals surface area contributed by atoms with Gasteiger partial charge in [-0.3, -0.25) is 4.79 Å². The number of nitrogens with zero attached hydrogens (tertiary/aromatic N) is 1. The zero-order chi connectivity index (χ0) is 18.4. The van der Waals surface area contributed by atoms with Crippen molar-refractivity contribution >= 4 is 46.8 Å². The molecule has 126 valence electrons. The highest BCUT2D eigenvalue weighted by Crippen LogP contribution is 2.27. The fourth-order valence-electron chi connectivity index (χ4n) is 1.94. The number of rotatable bonds is 4. The average molecular weight is 375 g/mol. The quantitative estimate of drug-likeness (QED) is 0.490. The van der Waals surface area contributed by atoms with Crippen LogP contribution in [0.25, 0.3) is 6.08 Å². The van der Waals surface area contributed by atoms with Crippen molar-refractivity contribution in [1.82, 2.24) is 0 Å². The van der Waals surface area contributed by atoms with Crippen LogP contribution in [-0.2, 0) is 9.53 Å². The van der Waals surface area contributed by atoms with E-state index in [0.717, 1.165) is 0 Å². The SMILES string of the molecule is COC(=O)c1ccc(NC(=O)/C(C#N)=C\c2cccc(Cl)c2Cl)cc1. The van der Waals surface area contributed by atoms with Gasteiger partial charge in [0.2, 0.25) is 0 Å². The number of benzene rings is 2. The van der Waals surface area contributed by atoms with E-state index < -0.39 is 11.9 Å². The van der Waals surface area contributed by atoms with Crippen LogP contribution in [0, 0.1) is 11.3 Å². The van der Waals surface area contributed by atoms with Gasteiger partial charge in [0.25, 0.3) is 5.91 Å². The molecular formula is C18H12Cl2N2O3. The number of methoxy groups -OCH3 is 1. The highest BCUT2D eigenvalue weighted by Gasteiger charge is 2.12. The molecular weight excluding hydrogens is 363 g/mol. The number of esters is 1. The Morgan fingerprint density at radius 2 is 1.84 bits per heavy atom. The van der Waals surface area contributed by atoms with Crippen molar-refractivity contribution < 1.29 is 14.3 Å². The smallest absolute Gasteiger partial charge is 0.337 e. The molecule has 1 N–H and O–H groups in total. The molecule has 0 fully saturated rings. The summed E-state index contributed by atoms with van der Waals surface area (Å²) in [7, 11) is 1.28. The summed E-state index contributed by atoms with van der Waals surface area (Å²) < 4.78 is 4.60. The maximum atomic E-state index is 12.2. The van der Waals surface area contributed by atoms with Crippen LogP contribution in [0.4, 0.5) is 5.69 Å². The van der Waals surface area contributed by atoms with Crippen molar-refractivity contribution in [2.75, 3.05) is 12.4 Å². The molecule has 0 bridgehead atoms. The highest BCUT2D eigenvalue weighted by atomic mass is 35.5. The first-order valence-corrected chi connectivity index (χ1v) is 7.77. The number of ether oxygens (including phenoxy) is 1. The summed E-state index contributed by atoms with van der Waals surface area (Å²) in [5.74, 6) is -1.09. The summed E-state index contributed by atoms with van der Waals surface area (Å²) in [5, 5.41) is 12.4. The summed E-state index contributed by atoms with van der Waals surface area (Å²) in [6.07, 6.45) is 1.35. The van der Waals surface area contributed by atoms with Gasteiger partial charge in [0.15, 0.2) is 0 Å². The van der Waals surface area contributed by atoms with Crippen molar-refractivity contribution in [2.45, 2.75) is 0 Å². The molecule has 1 amide bonds. The van der Waals surface area contributed by atoms with Gasteiger partial charge >= 0.3 is 5.97 Å². The van der Waals surface area contributed by atoms with Gasteiger partial charge in [-0.1, -0.05) is 35.3 Å². The third kappa shape index (κ3) is 4.60. The summed E-state index contributed by atoms with van der Waals surface area (Å²) in [6, 6.07) is 12.8. The molecule has 7 heteroatoms. The van der Waals surface area contributed by atoms with Gasteiger partial charge in [0, 0.05) is 5.69 Å². The Bertz CT molecular complexity index is 884. The van der Waals surface area contributed by atoms with E-state index in [-0.39, 0.29) is 10.6 Å². The highest BCUT2D eigenvalue weighted by molar-refractivity contribution is 6.43. The lowest BCUT2D eigenvalue weighted by molar-refractivity contribution is -0.112. The number of anilines is 1. The summed E-state index contributed by atoms with van der Waals surface area (Å²) >= 11 is 12.0. The van der Waals surface area contributed by atoms with Crippen LogP contribution < -0.4 is 5.32 Å². The van der Waals surface area contributed by atoms with Gasteiger partial charge in [0.05, 0.1) is 22.7 Å². The summed E-state index contributed by atoms with van der Waals surface area (Å²) in [5.41, 5.74) is 1.10. The molecule has 0 aliphatic carbocycles. The number of halogens is 2. The number of nitriles is 1. The maximum absolute atomic E-state index is 12.2. The first kappa shape index (κ1) is 18.5. The largest absolute Gasteiger partial charge is 0.465 e. The minimum absolute atomic E-state index is 0.138. The van der Waals surface area contributed by atoms with Gasteiger partial charge in [-0.25, -0.2) is 4.79 Å². The van der Waals surface area contributed by atoms with E-state index >= 15 is 0 Å². The summed E-state index contributed by atoms with van der Waals surface area (Å²) in [4.78, 5) is 23.6. The number of amides is 1. The van der Waals surface area contributed by atoms with E-state index in [9.17, 15) is 14.9 Å². The summed E-state index contributed by atoms with van der Waals surface area (Å²) in [6.45, 7) is 0. The Kier molecular flexibility index (Phi) is 6.18. The molecule has 0 atom stereocenters. The predicted octanol–water partition coefficient (Wildman–Crippen LogP) is 4.33. The standard InChI is InChI=1S/C18H12Cl2N2O3/c1-25-18(24)11-5-7-14(8-6-11)22-17(23)13(10-21)9-12-3-2-4-15(19)16(12)20/h2-9H,1H3,(H,22,23)/b13-9-. The van der Waals surface area contributed by atoms with Crippen molar-refractivity contribution in [2.24, 2.45) is 0 Å². The van der Waals surface area contributed by atoms with Crippen molar-refractivity contribution in [3.8, 4) is 6.07 Å². The molecule has 0 spiro atoms. The molecule has 2 aromatic carbocycles. The second kappa shape index (κ2) is 8.34. The number of hydrogen-bond acceptors (Lipinski definition) is 4. The number of carbonyl (C=O) groups excluding carboxylic acids is 2. The van der Waals surface area contributed by atoms with Crippen molar-refractivity contribution in [3.63, 3.8) is 0 Å². The van der Waals surface area contributed by atoms with Crippen LogP contribution in [0.15, 0.2) is 48.0 Å². The van der Waals surface area contributed by atoms with E-state index in [4.69, 9.17) is 23.2 Å². The van der Waals surface area contributed by atoms with Crippen LogP contribution in [0.1, 0.15) is 15.9 Å². The first-order chi connectivity index (χ1) is 12.0.